The van der Waals surface area contributed by atoms with Crippen LogP contribution in [0.15, 0.2) is 12.1 Å². The molecule has 15 heteroatoms. The highest BCUT2D eigenvalue weighted by molar-refractivity contribution is 7.88. The van der Waals surface area contributed by atoms with E-state index in [1.807, 2.05) is 0 Å². The summed E-state index contributed by atoms with van der Waals surface area (Å²) in [7, 11) is -12.1. The second kappa shape index (κ2) is 5.88. The molecule has 2 aliphatic heterocycles. The Morgan fingerprint density at radius 3 is 1.41 bits per heavy atom. The van der Waals surface area contributed by atoms with Gasteiger partial charge in [-0.15, -0.1) is 0 Å². The number of halogens is 6. The summed E-state index contributed by atoms with van der Waals surface area (Å²) in [5, 5.41) is 2.81. The molecule has 3 rings (SSSR count). The van der Waals surface area contributed by atoms with Crippen LogP contribution in [-0.2, 0) is 20.2 Å². The maximum Gasteiger partial charge on any atom is 0.534 e. The van der Waals surface area contributed by atoms with E-state index in [4.69, 9.17) is 0 Å². The summed E-state index contributed by atoms with van der Waals surface area (Å²) in [4.78, 5) is 0. The normalized spacial score (nSPS) is 22.6. The van der Waals surface area contributed by atoms with Crippen molar-refractivity contribution in [1.82, 2.24) is 5.32 Å². The van der Waals surface area contributed by atoms with Gasteiger partial charge in [-0.2, -0.15) is 43.2 Å². The summed E-state index contributed by atoms with van der Waals surface area (Å²) < 4.78 is 128. The van der Waals surface area contributed by atoms with Crippen molar-refractivity contribution in [3.05, 3.63) is 23.3 Å². The minimum atomic E-state index is -6.03. The number of nitrogens with one attached hydrogen (secondary N) is 1. The predicted molar refractivity (Wildman–Crippen MR) is 75.5 cm³/mol. The quantitative estimate of drug-likeness (QED) is 0.436. The lowest BCUT2D eigenvalue weighted by molar-refractivity contribution is -0.0506. The molecule has 2 bridgehead atoms. The van der Waals surface area contributed by atoms with E-state index >= 15 is 0 Å². The summed E-state index contributed by atoms with van der Waals surface area (Å²) in [5.41, 5.74) is -11.8. The first-order valence-corrected chi connectivity index (χ1v) is 9.90. The third-order valence-corrected chi connectivity index (χ3v) is 5.95. The van der Waals surface area contributed by atoms with E-state index in [9.17, 15) is 43.2 Å². The van der Waals surface area contributed by atoms with E-state index in [2.05, 4.69) is 13.7 Å². The first kappa shape index (κ1) is 20.0. The molecule has 7 nitrogen and oxygen atoms in total. The van der Waals surface area contributed by atoms with Gasteiger partial charge in [-0.3, -0.25) is 0 Å². The molecule has 1 N–H and O–H groups in total. The highest BCUT2D eigenvalue weighted by atomic mass is 32.2. The third kappa shape index (κ3) is 3.31. The number of benzene rings is 1. The monoisotopic (exact) mass is 441 g/mol. The van der Waals surface area contributed by atoms with Gasteiger partial charge in [-0.1, -0.05) is 0 Å². The second-order valence-corrected chi connectivity index (χ2v) is 8.78. The van der Waals surface area contributed by atoms with Gasteiger partial charge in [0.1, 0.15) is 11.5 Å². The maximum absolute atomic E-state index is 12.5. The van der Waals surface area contributed by atoms with Crippen molar-refractivity contribution >= 4 is 20.2 Å². The molecule has 0 radical (unpaired) electrons. The van der Waals surface area contributed by atoms with Crippen LogP contribution in [0.1, 0.15) is 36.1 Å². The summed E-state index contributed by atoms with van der Waals surface area (Å²) >= 11 is 0. The fourth-order valence-corrected chi connectivity index (χ4v) is 3.94. The Balaban J connectivity index is 2.07. The van der Waals surface area contributed by atoms with Gasteiger partial charge in [-0.25, -0.2) is 0 Å². The average molecular weight is 441 g/mol. The first-order chi connectivity index (χ1) is 12.1. The van der Waals surface area contributed by atoms with Crippen molar-refractivity contribution in [2.75, 3.05) is 0 Å². The van der Waals surface area contributed by atoms with E-state index in [0.29, 0.717) is 25.0 Å². The van der Waals surface area contributed by atoms with Gasteiger partial charge in [0.2, 0.25) is 0 Å². The smallest absolute Gasteiger partial charge is 0.376 e. The van der Waals surface area contributed by atoms with E-state index in [1.54, 1.807) is 0 Å². The minimum absolute atomic E-state index is 0.186. The Kier molecular flexibility index (Phi) is 4.35. The Hall–Kier alpha value is -1.74. The van der Waals surface area contributed by atoms with E-state index in [-0.39, 0.29) is 11.1 Å². The third-order valence-electron chi connectivity index (χ3n) is 4.02. The summed E-state index contributed by atoms with van der Waals surface area (Å²) in [6, 6.07) is -0.210. The SMILES string of the molecule is O=S(=O)(Oc1ccc(OS(=O)(=O)C(F)(F)F)c2c1C1CCC2N1)C(F)(F)F. The molecular weight excluding hydrogens is 432 g/mol. The number of rotatable bonds is 4. The van der Waals surface area contributed by atoms with Gasteiger partial charge in [0.15, 0.2) is 0 Å². The van der Waals surface area contributed by atoms with E-state index in [1.165, 1.54) is 0 Å². The Labute approximate surface area is 148 Å². The number of alkyl halides is 6. The molecule has 2 unspecified atom stereocenters. The molecule has 0 aliphatic carbocycles. The molecule has 2 heterocycles. The Morgan fingerprint density at radius 1 is 0.778 bits per heavy atom. The summed E-state index contributed by atoms with van der Waals surface area (Å²) in [6.45, 7) is 0. The highest BCUT2D eigenvalue weighted by Gasteiger charge is 2.52. The lowest BCUT2D eigenvalue weighted by Crippen LogP contribution is -2.29. The topological polar surface area (TPSA) is 98.8 Å². The molecule has 0 saturated carbocycles. The second-order valence-electron chi connectivity index (χ2n) is 5.70. The van der Waals surface area contributed by atoms with Crippen LogP contribution >= 0.6 is 0 Å². The molecule has 2 atom stereocenters. The fraction of sp³-hybridized carbons (Fsp3) is 0.500. The molecule has 0 aromatic heterocycles. The predicted octanol–water partition coefficient (Wildman–Crippen LogP) is 2.62. The fourth-order valence-electron chi connectivity index (χ4n) is 2.99. The number of hydrogen-bond donors (Lipinski definition) is 1. The first-order valence-electron chi connectivity index (χ1n) is 7.08. The molecular formula is C12H9F6NO6S2. The molecule has 2 aliphatic rings. The lowest BCUT2D eigenvalue weighted by Gasteiger charge is -2.21. The van der Waals surface area contributed by atoms with Crippen molar-refractivity contribution < 1.29 is 51.5 Å². The average Bonchev–Trinajstić information content (AvgIpc) is 3.08. The molecule has 1 fully saturated rings. The van der Waals surface area contributed by atoms with Crippen molar-refractivity contribution in [3.63, 3.8) is 0 Å². The summed E-state index contributed by atoms with van der Waals surface area (Å²) in [6.07, 6.45) is 0.658. The van der Waals surface area contributed by atoms with Crippen LogP contribution in [0.25, 0.3) is 0 Å². The van der Waals surface area contributed by atoms with Crippen LogP contribution in [0.2, 0.25) is 0 Å². The summed E-state index contributed by atoms with van der Waals surface area (Å²) in [5.74, 6) is -1.53. The van der Waals surface area contributed by atoms with Gasteiger partial charge < -0.3 is 13.7 Å². The van der Waals surface area contributed by atoms with Crippen LogP contribution < -0.4 is 13.7 Å². The van der Waals surface area contributed by atoms with Gasteiger partial charge in [0.05, 0.1) is 0 Å². The highest BCUT2D eigenvalue weighted by Crippen LogP contribution is 2.53. The number of hydrogen-bond acceptors (Lipinski definition) is 7. The molecule has 152 valence electrons. The van der Waals surface area contributed by atoms with Crippen LogP contribution in [0, 0.1) is 0 Å². The van der Waals surface area contributed by atoms with Gasteiger partial charge in [0.25, 0.3) is 0 Å². The van der Waals surface area contributed by atoms with E-state index in [0.717, 1.165) is 0 Å². The maximum atomic E-state index is 12.5. The Bertz CT molecular complexity index is 906. The largest absolute Gasteiger partial charge is 0.534 e. The Morgan fingerprint density at radius 2 is 1.11 bits per heavy atom. The zero-order valence-electron chi connectivity index (χ0n) is 12.8. The molecule has 0 amide bonds. The zero-order valence-corrected chi connectivity index (χ0v) is 14.4. The van der Waals surface area contributed by atoms with Gasteiger partial charge in [-0.05, 0) is 25.0 Å². The van der Waals surface area contributed by atoms with Crippen molar-refractivity contribution in [2.45, 2.75) is 35.9 Å². The molecule has 0 spiro atoms. The lowest BCUT2D eigenvalue weighted by atomic mass is 9.90. The van der Waals surface area contributed by atoms with Crippen molar-refractivity contribution in [2.24, 2.45) is 0 Å². The molecule has 1 aromatic rings. The van der Waals surface area contributed by atoms with Crippen molar-refractivity contribution in [3.8, 4) is 11.5 Å². The van der Waals surface area contributed by atoms with Gasteiger partial charge in [0, 0.05) is 23.2 Å². The standard InChI is InChI=1S/C12H9F6NO6S2/c13-11(14,15)26(20,21)24-7-3-4-8(25-27(22,23)12(16,17)18)10-6-2-1-5(19-6)9(7)10/h3-6,19H,1-2H2. The van der Waals surface area contributed by atoms with Crippen LogP contribution in [0.3, 0.4) is 0 Å². The zero-order chi connectivity index (χ0) is 20.4. The molecule has 1 saturated heterocycles. The minimum Gasteiger partial charge on any atom is -0.376 e. The number of fused-ring (bicyclic) bond motifs is 5. The molecule has 1 aromatic carbocycles. The van der Waals surface area contributed by atoms with Gasteiger partial charge >= 0.3 is 31.3 Å². The molecule has 27 heavy (non-hydrogen) atoms. The van der Waals surface area contributed by atoms with E-state index < -0.39 is 54.8 Å². The van der Waals surface area contributed by atoms with Crippen LogP contribution in [-0.4, -0.2) is 27.9 Å². The van der Waals surface area contributed by atoms with Crippen LogP contribution in [0.5, 0.6) is 11.5 Å². The van der Waals surface area contributed by atoms with Crippen LogP contribution in [0.4, 0.5) is 26.3 Å². The van der Waals surface area contributed by atoms with Crippen molar-refractivity contribution in [1.29, 1.82) is 0 Å².